The molecule has 1 fully saturated rings. The van der Waals surface area contributed by atoms with E-state index >= 15 is 0 Å². The van der Waals surface area contributed by atoms with Crippen molar-refractivity contribution in [2.75, 3.05) is 26.4 Å². The van der Waals surface area contributed by atoms with Crippen LogP contribution in [0, 0.1) is 0 Å². The molecule has 19 heavy (non-hydrogen) atoms. The van der Waals surface area contributed by atoms with Crippen molar-refractivity contribution in [3.63, 3.8) is 0 Å². The highest BCUT2D eigenvalue weighted by molar-refractivity contribution is 5.30. The molecule has 0 spiro atoms. The van der Waals surface area contributed by atoms with Crippen LogP contribution in [0.25, 0.3) is 0 Å². The van der Waals surface area contributed by atoms with Gasteiger partial charge in [-0.15, -0.1) is 0 Å². The minimum absolute atomic E-state index is 0.0974. The van der Waals surface area contributed by atoms with Gasteiger partial charge in [0.2, 0.25) is 0 Å². The van der Waals surface area contributed by atoms with E-state index in [0.29, 0.717) is 19.8 Å². The summed E-state index contributed by atoms with van der Waals surface area (Å²) in [5.74, 6) is 0.913. The van der Waals surface area contributed by atoms with Gasteiger partial charge in [0.25, 0.3) is 0 Å². The highest BCUT2D eigenvalue weighted by atomic mass is 16.7. The zero-order chi connectivity index (χ0) is 13.5. The van der Waals surface area contributed by atoms with Crippen LogP contribution in [0.1, 0.15) is 31.9 Å². The number of hydrogen-bond acceptors (Lipinski definition) is 4. The minimum Gasteiger partial charge on any atom is -0.494 e. The van der Waals surface area contributed by atoms with Crippen LogP contribution in [-0.2, 0) is 9.47 Å². The average Bonchev–Trinajstić information content (AvgIpc) is 2.92. The van der Waals surface area contributed by atoms with Crippen molar-refractivity contribution < 1.29 is 14.2 Å². The van der Waals surface area contributed by atoms with E-state index in [2.05, 4.69) is 24.4 Å². The molecule has 1 atom stereocenters. The molecule has 0 amide bonds. The van der Waals surface area contributed by atoms with Crippen LogP contribution in [-0.4, -0.2) is 32.7 Å². The van der Waals surface area contributed by atoms with E-state index in [9.17, 15) is 0 Å². The molecule has 4 nitrogen and oxygen atoms in total. The van der Waals surface area contributed by atoms with Gasteiger partial charge in [-0.2, -0.15) is 0 Å². The summed E-state index contributed by atoms with van der Waals surface area (Å²) in [4.78, 5) is 0. The van der Waals surface area contributed by atoms with Crippen LogP contribution < -0.4 is 10.1 Å². The monoisotopic (exact) mass is 265 g/mol. The largest absolute Gasteiger partial charge is 0.494 e. The summed E-state index contributed by atoms with van der Waals surface area (Å²) in [5.41, 5.74) is 1.21. The molecule has 1 aromatic rings. The van der Waals surface area contributed by atoms with Gasteiger partial charge in [-0.25, -0.2) is 0 Å². The predicted octanol–water partition coefficient (Wildman–Crippen LogP) is 2.50. The minimum atomic E-state index is -0.0974. The molecule has 1 aromatic carbocycles. The third-order valence-electron chi connectivity index (χ3n) is 3.14. The lowest BCUT2D eigenvalue weighted by molar-refractivity contribution is -0.0529. The molecule has 0 aromatic heterocycles. The van der Waals surface area contributed by atoms with Gasteiger partial charge in [0.1, 0.15) is 5.75 Å². The second-order valence-electron chi connectivity index (χ2n) is 4.52. The predicted molar refractivity (Wildman–Crippen MR) is 74.3 cm³/mol. The molecular formula is C15H23NO3. The molecule has 0 aliphatic carbocycles. The molecule has 4 heteroatoms. The lowest BCUT2D eigenvalue weighted by Crippen LogP contribution is -2.25. The summed E-state index contributed by atoms with van der Waals surface area (Å²) in [6.07, 6.45) is 0.725. The van der Waals surface area contributed by atoms with Crippen LogP contribution in [0.5, 0.6) is 5.75 Å². The summed E-state index contributed by atoms with van der Waals surface area (Å²) in [6.45, 7) is 7.09. The summed E-state index contributed by atoms with van der Waals surface area (Å²) in [7, 11) is 0. The van der Waals surface area contributed by atoms with Gasteiger partial charge in [-0.3, -0.25) is 0 Å². The molecule has 106 valence electrons. The first-order chi connectivity index (χ1) is 9.33. The highest BCUT2D eigenvalue weighted by Gasteiger charge is 2.22. The standard InChI is InChI=1S/C15H23NO3/c1-3-16-14(11-15-18-8-9-19-15)12-6-5-7-13(10-12)17-4-2/h5-7,10,14-16H,3-4,8-9,11H2,1-2H3. The van der Waals surface area contributed by atoms with Gasteiger partial charge in [-0.1, -0.05) is 19.1 Å². The second kappa shape index (κ2) is 7.48. The topological polar surface area (TPSA) is 39.7 Å². The number of hydrogen-bond donors (Lipinski definition) is 1. The van der Waals surface area contributed by atoms with Gasteiger partial charge in [0, 0.05) is 12.5 Å². The first kappa shape index (κ1) is 14.3. The van der Waals surface area contributed by atoms with Crippen molar-refractivity contribution in [1.82, 2.24) is 5.32 Å². The van der Waals surface area contributed by atoms with Crippen LogP contribution in [0.15, 0.2) is 24.3 Å². The molecule has 1 N–H and O–H groups in total. The van der Waals surface area contributed by atoms with Crippen LogP contribution in [0.4, 0.5) is 0 Å². The fourth-order valence-corrected chi connectivity index (χ4v) is 2.31. The fourth-order valence-electron chi connectivity index (χ4n) is 2.31. The van der Waals surface area contributed by atoms with Crippen molar-refractivity contribution in [1.29, 1.82) is 0 Å². The first-order valence-corrected chi connectivity index (χ1v) is 7.02. The Bertz CT molecular complexity index is 377. The van der Waals surface area contributed by atoms with E-state index in [4.69, 9.17) is 14.2 Å². The molecule has 2 rings (SSSR count). The van der Waals surface area contributed by atoms with Gasteiger partial charge >= 0.3 is 0 Å². The van der Waals surface area contributed by atoms with E-state index in [1.54, 1.807) is 0 Å². The average molecular weight is 265 g/mol. The smallest absolute Gasteiger partial charge is 0.159 e. The molecule has 0 radical (unpaired) electrons. The molecule has 1 heterocycles. The summed E-state index contributed by atoms with van der Waals surface area (Å²) in [6, 6.07) is 8.45. The maximum absolute atomic E-state index is 5.55. The second-order valence-corrected chi connectivity index (χ2v) is 4.52. The number of nitrogens with one attached hydrogen (secondary N) is 1. The van der Waals surface area contributed by atoms with Gasteiger partial charge in [-0.05, 0) is 31.2 Å². The van der Waals surface area contributed by atoms with Crippen molar-refractivity contribution in [3.8, 4) is 5.75 Å². The van der Waals surface area contributed by atoms with Crippen molar-refractivity contribution in [3.05, 3.63) is 29.8 Å². The third kappa shape index (κ3) is 4.20. The Morgan fingerprint density at radius 3 is 2.79 bits per heavy atom. The number of ether oxygens (including phenoxy) is 3. The number of benzene rings is 1. The molecule has 1 aliphatic rings. The molecule has 0 bridgehead atoms. The van der Waals surface area contributed by atoms with E-state index in [1.165, 1.54) is 5.56 Å². The van der Waals surface area contributed by atoms with E-state index in [-0.39, 0.29) is 12.3 Å². The van der Waals surface area contributed by atoms with Crippen LogP contribution >= 0.6 is 0 Å². The van der Waals surface area contributed by atoms with E-state index in [0.717, 1.165) is 18.7 Å². The molecule has 1 aliphatic heterocycles. The van der Waals surface area contributed by atoms with Crippen molar-refractivity contribution in [2.45, 2.75) is 32.6 Å². The van der Waals surface area contributed by atoms with Crippen LogP contribution in [0.2, 0.25) is 0 Å². The Kier molecular flexibility index (Phi) is 5.63. The maximum Gasteiger partial charge on any atom is 0.159 e. The Morgan fingerprint density at radius 1 is 1.32 bits per heavy atom. The summed E-state index contributed by atoms with van der Waals surface area (Å²) >= 11 is 0. The Labute approximate surface area is 115 Å². The summed E-state index contributed by atoms with van der Waals surface area (Å²) < 4.78 is 16.6. The third-order valence-corrected chi connectivity index (χ3v) is 3.14. The Hall–Kier alpha value is -1.10. The SMILES string of the molecule is CCNC(CC1OCCO1)c1cccc(OCC)c1. The number of rotatable bonds is 7. The first-order valence-electron chi connectivity index (χ1n) is 7.02. The lowest BCUT2D eigenvalue weighted by Gasteiger charge is -2.21. The van der Waals surface area contributed by atoms with Gasteiger partial charge in [0.15, 0.2) is 6.29 Å². The highest BCUT2D eigenvalue weighted by Crippen LogP contribution is 2.25. The molecular weight excluding hydrogens is 242 g/mol. The van der Waals surface area contributed by atoms with E-state index in [1.807, 2.05) is 19.1 Å². The Balaban J connectivity index is 2.05. The lowest BCUT2D eigenvalue weighted by atomic mass is 10.0. The maximum atomic E-state index is 5.55. The van der Waals surface area contributed by atoms with Crippen molar-refractivity contribution >= 4 is 0 Å². The quantitative estimate of drug-likeness (QED) is 0.822. The summed E-state index contributed by atoms with van der Waals surface area (Å²) in [5, 5.41) is 3.48. The molecule has 1 unspecified atom stereocenters. The molecule has 1 saturated heterocycles. The molecule has 0 saturated carbocycles. The normalized spacial score (nSPS) is 17.6. The van der Waals surface area contributed by atoms with Gasteiger partial charge < -0.3 is 19.5 Å². The van der Waals surface area contributed by atoms with E-state index < -0.39 is 0 Å². The fraction of sp³-hybridized carbons (Fsp3) is 0.600. The Morgan fingerprint density at radius 2 is 2.11 bits per heavy atom. The van der Waals surface area contributed by atoms with Crippen LogP contribution in [0.3, 0.4) is 0 Å². The van der Waals surface area contributed by atoms with Gasteiger partial charge in [0.05, 0.1) is 19.8 Å². The zero-order valence-corrected chi connectivity index (χ0v) is 11.7. The van der Waals surface area contributed by atoms with Crippen molar-refractivity contribution in [2.24, 2.45) is 0 Å². The zero-order valence-electron chi connectivity index (χ0n) is 11.7.